The molecule has 1 aliphatic carbocycles. The van der Waals surface area contributed by atoms with E-state index in [1.54, 1.807) is 0 Å². The van der Waals surface area contributed by atoms with E-state index < -0.39 is 0 Å². The molecule has 6 heteroatoms. The number of nitrogens with one attached hydrogen (secondary N) is 2. The maximum atomic E-state index is 9.58. The summed E-state index contributed by atoms with van der Waals surface area (Å²) in [5.74, 6) is 1.75. The molecule has 0 aromatic heterocycles. The van der Waals surface area contributed by atoms with Crippen molar-refractivity contribution >= 4 is 29.9 Å². The molecule has 1 aliphatic rings. The first kappa shape index (κ1) is 21.0. The van der Waals surface area contributed by atoms with Gasteiger partial charge in [-0.25, -0.2) is 4.99 Å². The van der Waals surface area contributed by atoms with Crippen LogP contribution in [0.3, 0.4) is 0 Å². The van der Waals surface area contributed by atoms with E-state index in [1.165, 1.54) is 0 Å². The van der Waals surface area contributed by atoms with Crippen molar-refractivity contribution in [2.75, 3.05) is 19.7 Å². The fraction of sp³-hybridized carbons (Fsp3) is 0.611. The van der Waals surface area contributed by atoms with Crippen molar-refractivity contribution in [2.45, 2.75) is 51.7 Å². The van der Waals surface area contributed by atoms with Crippen molar-refractivity contribution in [1.29, 1.82) is 0 Å². The lowest BCUT2D eigenvalue weighted by Gasteiger charge is -2.27. The Kier molecular flexibility index (Phi) is 10.1. The Bertz CT molecular complexity index is 503. The van der Waals surface area contributed by atoms with Crippen molar-refractivity contribution in [3.63, 3.8) is 0 Å². The molecule has 0 bridgehead atoms. The summed E-state index contributed by atoms with van der Waals surface area (Å²) in [5, 5.41) is 16.3. The van der Waals surface area contributed by atoms with Gasteiger partial charge in [-0.2, -0.15) is 0 Å². The second kappa shape index (κ2) is 11.5. The Labute approximate surface area is 162 Å². The van der Waals surface area contributed by atoms with Crippen LogP contribution in [0.5, 0.6) is 5.75 Å². The topological polar surface area (TPSA) is 65.9 Å². The average Bonchev–Trinajstić information content (AvgIpc) is 2.55. The van der Waals surface area contributed by atoms with Gasteiger partial charge in [0.1, 0.15) is 12.4 Å². The summed E-state index contributed by atoms with van der Waals surface area (Å²) >= 11 is 0. The Morgan fingerprint density at radius 2 is 1.96 bits per heavy atom. The molecular weight excluding hydrogens is 417 g/mol. The number of halogens is 1. The molecule has 0 aliphatic heterocycles. The number of rotatable bonds is 6. The Morgan fingerprint density at radius 3 is 2.62 bits per heavy atom. The van der Waals surface area contributed by atoms with Gasteiger partial charge in [-0.1, -0.05) is 18.2 Å². The number of hydrogen-bond donors (Lipinski definition) is 3. The van der Waals surface area contributed by atoms with E-state index in [0.29, 0.717) is 19.2 Å². The molecule has 0 heterocycles. The number of aliphatic imine (C=N–C) groups is 1. The highest BCUT2D eigenvalue weighted by molar-refractivity contribution is 14.0. The van der Waals surface area contributed by atoms with Crippen LogP contribution in [-0.2, 0) is 0 Å². The standard InChI is InChI=1S/C18H29N3O2.HI/c1-3-19-18(21-15-8-10-16(22)11-9-15)20-12-13-23-17-7-5-4-6-14(17)2;/h4-7,15-16,22H,3,8-13H2,1-2H3,(H2,19,20,21);1H. The first-order valence-electron chi connectivity index (χ1n) is 8.60. The van der Waals surface area contributed by atoms with E-state index in [4.69, 9.17) is 4.74 Å². The quantitative estimate of drug-likeness (QED) is 0.272. The van der Waals surface area contributed by atoms with Crippen LogP contribution in [0.15, 0.2) is 29.3 Å². The van der Waals surface area contributed by atoms with Crippen molar-refractivity contribution in [2.24, 2.45) is 4.99 Å². The van der Waals surface area contributed by atoms with Crippen molar-refractivity contribution in [1.82, 2.24) is 10.6 Å². The van der Waals surface area contributed by atoms with Crippen molar-refractivity contribution < 1.29 is 9.84 Å². The predicted octanol–water partition coefficient (Wildman–Crippen LogP) is 2.85. The smallest absolute Gasteiger partial charge is 0.191 e. The molecule has 0 amide bonds. The molecule has 5 nitrogen and oxygen atoms in total. The van der Waals surface area contributed by atoms with Gasteiger partial charge in [-0.15, -0.1) is 24.0 Å². The van der Waals surface area contributed by atoms with E-state index >= 15 is 0 Å². The first-order chi connectivity index (χ1) is 11.2. The number of aliphatic hydroxyl groups is 1. The van der Waals surface area contributed by atoms with Gasteiger partial charge in [-0.3, -0.25) is 0 Å². The normalized spacial score (nSPS) is 20.9. The van der Waals surface area contributed by atoms with E-state index in [9.17, 15) is 5.11 Å². The molecule has 1 fully saturated rings. The number of nitrogens with zero attached hydrogens (tertiary/aromatic N) is 1. The SMILES string of the molecule is CCNC(=NCCOc1ccccc1C)NC1CCC(O)CC1.I. The number of benzene rings is 1. The average molecular weight is 447 g/mol. The highest BCUT2D eigenvalue weighted by atomic mass is 127. The van der Waals surface area contributed by atoms with Gasteiger partial charge in [0.05, 0.1) is 12.6 Å². The number of aliphatic hydroxyl groups excluding tert-OH is 1. The maximum absolute atomic E-state index is 9.58. The second-order valence-corrected chi connectivity index (χ2v) is 6.02. The van der Waals surface area contributed by atoms with E-state index in [-0.39, 0.29) is 30.1 Å². The van der Waals surface area contributed by atoms with Gasteiger partial charge in [0.25, 0.3) is 0 Å². The predicted molar refractivity (Wildman–Crippen MR) is 109 cm³/mol. The molecule has 0 spiro atoms. The Balaban J connectivity index is 0.00000288. The summed E-state index contributed by atoms with van der Waals surface area (Å²) in [6.45, 7) is 6.11. The van der Waals surface area contributed by atoms with Crippen molar-refractivity contribution in [3.05, 3.63) is 29.8 Å². The van der Waals surface area contributed by atoms with Gasteiger partial charge in [0.2, 0.25) is 0 Å². The minimum absolute atomic E-state index is 0. The van der Waals surface area contributed by atoms with Gasteiger partial charge in [0.15, 0.2) is 5.96 Å². The van der Waals surface area contributed by atoms with Gasteiger partial charge in [0, 0.05) is 12.6 Å². The van der Waals surface area contributed by atoms with Crippen LogP contribution < -0.4 is 15.4 Å². The summed E-state index contributed by atoms with van der Waals surface area (Å²) in [5.41, 5.74) is 1.14. The third-order valence-electron chi connectivity index (χ3n) is 4.09. The third-order valence-corrected chi connectivity index (χ3v) is 4.09. The van der Waals surface area contributed by atoms with E-state index in [2.05, 4.69) is 22.5 Å². The summed E-state index contributed by atoms with van der Waals surface area (Å²) < 4.78 is 5.77. The minimum atomic E-state index is -0.130. The lowest BCUT2D eigenvalue weighted by Crippen LogP contribution is -2.45. The molecule has 2 rings (SSSR count). The zero-order chi connectivity index (χ0) is 16.5. The number of hydrogen-bond acceptors (Lipinski definition) is 3. The summed E-state index contributed by atoms with van der Waals surface area (Å²) in [7, 11) is 0. The summed E-state index contributed by atoms with van der Waals surface area (Å²) in [6, 6.07) is 8.41. The molecule has 0 radical (unpaired) electrons. The van der Waals surface area contributed by atoms with Gasteiger partial charge in [-0.05, 0) is 51.2 Å². The minimum Gasteiger partial charge on any atom is -0.491 e. The zero-order valence-electron chi connectivity index (χ0n) is 14.6. The van der Waals surface area contributed by atoms with Crippen molar-refractivity contribution in [3.8, 4) is 5.75 Å². The fourth-order valence-electron chi connectivity index (χ4n) is 2.76. The summed E-state index contributed by atoms with van der Waals surface area (Å²) in [6.07, 6.45) is 3.59. The van der Waals surface area contributed by atoms with E-state index in [1.807, 2.05) is 31.2 Å². The molecule has 136 valence electrons. The molecule has 1 aromatic carbocycles. The lowest BCUT2D eigenvalue weighted by molar-refractivity contribution is 0.120. The number of para-hydroxylation sites is 1. The van der Waals surface area contributed by atoms with Crippen LogP contribution in [0.25, 0.3) is 0 Å². The van der Waals surface area contributed by atoms with Crippen LogP contribution in [0.1, 0.15) is 38.2 Å². The van der Waals surface area contributed by atoms with Gasteiger partial charge >= 0.3 is 0 Å². The van der Waals surface area contributed by atoms with Crippen LogP contribution in [0, 0.1) is 6.92 Å². The highest BCUT2D eigenvalue weighted by Gasteiger charge is 2.19. The van der Waals surface area contributed by atoms with Crippen LogP contribution in [0.2, 0.25) is 0 Å². The molecule has 1 saturated carbocycles. The lowest BCUT2D eigenvalue weighted by atomic mass is 9.93. The number of ether oxygens (including phenoxy) is 1. The zero-order valence-corrected chi connectivity index (χ0v) is 17.0. The number of aryl methyl sites for hydroxylation is 1. The molecule has 0 unspecified atom stereocenters. The first-order valence-corrected chi connectivity index (χ1v) is 8.60. The number of guanidine groups is 1. The maximum Gasteiger partial charge on any atom is 0.191 e. The Hall–Kier alpha value is -1.02. The van der Waals surface area contributed by atoms with Crippen LogP contribution in [0.4, 0.5) is 0 Å². The fourth-order valence-corrected chi connectivity index (χ4v) is 2.76. The summed E-state index contributed by atoms with van der Waals surface area (Å²) in [4.78, 5) is 4.58. The molecule has 24 heavy (non-hydrogen) atoms. The highest BCUT2D eigenvalue weighted by Crippen LogP contribution is 2.18. The third kappa shape index (κ3) is 7.25. The largest absolute Gasteiger partial charge is 0.491 e. The van der Waals surface area contributed by atoms with Gasteiger partial charge < -0.3 is 20.5 Å². The Morgan fingerprint density at radius 1 is 1.25 bits per heavy atom. The van der Waals surface area contributed by atoms with Crippen LogP contribution >= 0.6 is 24.0 Å². The molecule has 3 N–H and O–H groups in total. The molecule has 0 saturated heterocycles. The molecule has 1 aromatic rings. The van der Waals surface area contributed by atoms with E-state index in [0.717, 1.165) is 49.5 Å². The van der Waals surface area contributed by atoms with Crippen LogP contribution in [-0.4, -0.2) is 42.9 Å². The second-order valence-electron chi connectivity index (χ2n) is 6.02. The molecule has 0 atom stereocenters. The molecular formula is C18H30IN3O2. The monoisotopic (exact) mass is 447 g/mol.